The average molecular weight is 341 g/mol. The summed E-state index contributed by atoms with van der Waals surface area (Å²) in [6.45, 7) is 2.45. The highest BCUT2D eigenvalue weighted by molar-refractivity contribution is 9.10. The Morgan fingerprint density at radius 3 is 2.90 bits per heavy atom. The van der Waals surface area contributed by atoms with E-state index in [-0.39, 0.29) is 5.95 Å². The fraction of sp³-hybridized carbons (Fsp3) is 0.273. The van der Waals surface area contributed by atoms with Gasteiger partial charge in [-0.05, 0) is 51.0 Å². The Kier molecular flexibility index (Phi) is 4.51. The van der Waals surface area contributed by atoms with Crippen LogP contribution in [0.5, 0.6) is 11.5 Å². The minimum Gasteiger partial charge on any atom is -0.493 e. The number of tetrazole rings is 1. The van der Waals surface area contributed by atoms with Crippen molar-refractivity contribution in [1.82, 2.24) is 20.3 Å². The second-order valence-corrected chi connectivity index (χ2v) is 4.49. The lowest BCUT2D eigenvalue weighted by Crippen LogP contribution is -2.01. The summed E-state index contributed by atoms with van der Waals surface area (Å²) in [4.78, 5) is 1.12. The second kappa shape index (κ2) is 6.33. The van der Waals surface area contributed by atoms with Crippen molar-refractivity contribution >= 4 is 28.1 Å². The van der Waals surface area contributed by atoms with Gasteiger partial charge in [-0.1, -0.05) is 9.89 Å². The quantitative estimate of drug-likeness (QED) is 0.823. The van der Waals surface area contributed by atoms with E-state index in [0.29, 0.717) is 18.1 Å². The third-order valence-corrected chi connectivity index (χ3v) is 2.92. The van der Waals surface area contributed by atoms with Crippen molar-refractivity contribution < 1.29 is 9.47 Å². The maximum Gasteiger partial charge on any atom is 0.263 e. The van der Waals surface area contributed by atoms with E-state index in [1.807, 2.05) is 13.0 Å². The first-order valence-corrected chi connectivity index (χ1v) is 6.53. The Bertz CT molecular complexity index is 627. The van der Waals surface area contributed by atoms with E-state index in [4.69, 9.17) is 15.2 Å². The Morgan fingerprint density at radius 1 is 1.50 bits per heavy atom. The lowest BCUT2D eigenvalue weighted by molar-refractivity contribution is 0.309. The normalized spacial score (nSPS) is 10.9. The van der Waals surface area contributed by atoms with Crippen molar-refractivity contribution in [3.8, 4) is 11.5 Å². The number of ether oxygens (including phenoxy) is 2. The average Bonchev–Trinajstić information content (AvgIpc) is 2.84. The molecular weight excluding hydrogens is 328 g/mol. The number of benzene rings is 1. The molecular formula is C11H13BrN6O2. The highest BCUT2D eigenvalue weighted by Crippen LogP contribution is 2.36. The smallest absolute Gasteiger partial charge is 0.263 e. The molecule has 0 atom stereocenters. The van der Waals surface area contributed by atoms with E-state index < -0.39 is 0 Å². The zero-order valence-corrected chi connectivity index (χ0v) is 12.5. The van der Waals surface area contributed by atoms with Gasteiger partial charge in [0.15, 0.2) is 11.5 Å². The Labute approximate surface area is 123 Å². The molecule has 2 rings (SSSR count). The van der Waals surface area contributed by atoms with Crippen LogP contribution in [0, 0.1) is 0 Å². The summed E-state index contributed by atoms with van der Waals surface area (Å²) in [6, 6.07) is 3.64. The molecule has 1 aromatic heterocycles. The van der Waals surface area contributed by atoms with E-state index in [2.05, 4.69) is 36.6 Å². The largest absolute Gasteiger partial charge is 0.493 e. The first-order valence-electron chi connectivity index (χ1n) is 5.74. The molecule has 2 N–H and O–H groups in total. The van der Waals surface area contributed by atoms with Gasteiger partial charge in [0, 0.05) is 0 Å². The predicted octanol–water partition coefficient (Wildman–Crippen LogP) is 1.31. The van der Waals surface area contributed by atoms with Crippen molar-refractivity contribution in [3.63, 3.8) is 0 Å². The lowest BCUT2D eigenvalue weighted by atomic mass is 10.2. The van der Waals surface area contributed by atoms with E-state index in [9.17, 15) is 0 Å². The highest BCUT2D eigenvalue weighted by Gasteiger charge is 2.10. The fourth-order valence-corrected chi connectivity index (χ4v) is 2.07. The molecule has 106 valence electrons. The molecule has 0 unspecified atom stereocenters. The predicted molar refractivity (Wildman–Crippen MR) is 77.1 cm³/mol. The summed E-state index contributed by atoms with van der Waals surface area (Å²) >= 11 is 3.43. The van der Waals surface area contributed by atoms with Gasteiger partial charge in [0.25, 0.3) is 5.95 Å². The van der Waals surface area contributed by atoms with Crippen LogP contribution < -0.4 is 15.2 Å². The molecule has 0 fully saturated rings. The number of rotatable bonds is 5. The zero-order valence-electron chi connectivity index (χ0n) is 10.9. The number of nitrogen functional groups attached to an aromatic ring is 1. The van der Waals surface area contributed by atoms with Crippen LogP contribution in [0.3, 0.4) is 0 Å². The number of aromatic nitrogens is 4. The Morgan fingerprint density at radius 2 is 2.30 bits per heavy atom. The first-order chi connectivity index (χ1) is 9.65. The van der Waals surface area contributed by atoms with Crippen LogP contribution in [0.4, 0.5) is 5.95 Å². The molecule has 0 amide bonds. The van der Waals surface area contributed by atoms with Gasteiger partial charge < -0.3 is 15.2 Å². The first kappa shape index (κ1) is 14.3. The van der Waals surface area contributed by atoms with Gasteiger partial charge in [0.2, 0.25) is 0 Å². The maximum absolute atomic E-state index is 5.51. The summed E-state index contributed by atoms with van der Waals surface area (Å²) < 4.78 is 11.6. The zero-order chi connectivity index (χ0) is 14.5. The van der Waals surface area contributed by atoms with Gasteiger partial charge in [0.05, 0.1) is 24.4 Å². The molecule has 2 aromatic rings. The second-order valence-electron chi connectivity index (χ2n) is 3.64. The van der Waals surface area contributed by atoms with Crippen LogP contribution in [0.25, 0.3) is 0 Å². The van der Waals surface area contributed by atoms with Crippen LogP contribution in [0.15, 0.2) is 21.7 Å². The third-order valence-electron chi connectivity index (χ3n) is 2.33. The van der Waals surface area contributed by atoms with Gasteiger partial charge in [0.1, 0.15) is 0 Å². The molecule has 0 radical (unpaired) electrons. The number of hydrogen-bond donors (Lipinski definition) is 1. The highest BCUT2D eigenvalue weighted by atomic mass is 79.9. The maximum atomic E-state index is 5.51. The van der Waals surface area contributed by atoms with Crippen LogP contribution in [0.2, 0.25) is 0 Å². The summed E-state index contributed by atoms with van der Waals surface area (Å²) in [5.41, 5.74) is 6.30. The van der Waals surface area contributed by atoms with Gasteiger partial charge in [-0.2, -0.15) is 5.10 Å². The van der Waals surface area contributed by atoms with Crippen LogP contribution in [0.1, 0.15) is 12.5 Å². The SMILES string of the molecule is CCOc1c(Br)cc(/C=N\n2nnnc2N)cc1OC. The van der Waals surface area contributed by atoms with Crippen LogP contribution >= 0.6 is 15.9 Å². The Balaban J connectivity index is 2.31. The van der Waals surface area contributed by atoms with Crippen LogP contribution in [-0.2, 0) is 0 Å². The van der Waals surface area contributed by atoms with Gasteiger partial charge >= 0.3 is 0 Å². The molecule has 0 spiro atoms. The monoisotopic (exact) mass is 340 g/mol. The summed E-state index contributed by atoms with van der Waals surface area (Å²) in [6.07, 6.45) is 1.57. The van der Waals surface area contributed by atoms with Crippen molar-refractivity contribution in [1.29, 1.82) is 0 Å². The molecule has 0 saturated heterocycles. The molecule has 0 aliphatic rings. The minimum atomic E-state index is 0.109. The van der Waals surface area contributed by atoms with Crippen molar-refractivity contribution in [2.24, 2.45) is 5.10 Å². The molecule has 1 aromatic carbocycles. The topological polar surface area (TPSA) is 100 Å². The van der Waals surface area contributed by atoms with Crippen molar-refractivity contribution in [2.45, 2.75) is 6.92 Å². The molecule has 0 bridgehead atoms. The van der Waals surface area contributed by atoms with E-state index in [1.54, 1.807) is 19.4 Å². The van der Waals surface area contributed by atoms with Gasteiger partial charge in [-0.25, -0.2) is 0 Å². The fourth-order valence-electron chi connectivity index (χ4n) is 1.49. The summed E-state index contributed by atoms with van der Waals surface area (Å²) in [7, 11) is 1.57. The Hall–Kier alpha value is -2.16. The van der Waals surface area contributed by atoms with Gasteiger partial charge in [-0.3, -0.25) is 0 Å². The molecule has 0 aliphatic carbocycles. The van der Waals surface area contributed by atoms with E-state index in [0.717, 1.165) is 14.8 Å². The molecule has 0 saturated carbocycles. The molecule has 1 heterocycles. The minimum absolute atomic E-state index is 0.109. The molecule has 20 heavy (non-hydrogen) atoms. The lowest BCUT2D eigenvalue weighted by Gasteiger charge is -2.11. The molecule has 0 aliphatic heterocycles. The molecule has 9 heteroatoms. The standard InChI is InChI=1S/C11H13BrN6O2/c1-3-20-10-8(12)4-7(5-9(10)19-2)6-14-18-11(13)15-16-17-18/h4-6H,3H2,1-2H3,(H2,13,15,17)/b14-6-. The number of halogens is 1. The number of hydrogen-bond acceptors (Lipinski definition) is 7. The number of anilines is 1. The third kappa shape index (κ3) is 3.05. The van der Waals surface area contributed by atoms with Crippen molar-refractivity contribution in [3.05, 3.63) is 22.2 Å². The van der Waals surface area contributed by atoms with E-state index >= 15 is 0 Å². The van der Waals surface area contributed by atoms with Gasteiger partial charge in [-0.15, -0.1) is 0 Å². The summed E-state index contributed by atoms with van der Waals surface area (Å²) in [5.74, 6) is 1.36. The number of methoxy groups -OCH3 is 1. The van der Waals surface area contributed by atoms with Crippen LogP contribution in [-0.4, -0.2) is 40.2 Å². The van der Waals surface area contributed by atoms with Crippen molar-refractivity contribution in [2.75, 3.05) is 19.5 Å². The molecule has 8 nitrogen and oxygen atoms in total. The number of nitrogens with zero attached hydrogens (tertiary/aromatic N) is 5. The van der Waals surface area contributed by atoms with E-state index in [1.165, 1.54) is 0 Å². The summed E-state index contributed by atoms with van der Waals surface area (Å²) in [5, 5.41) is 14.6. The number of nitrogens with two attached hydrogens (primary N) is 1.